The number of nitrogens with zero attached hydrogens (tertiary/aromatic N) is 1. The van der Waals surface area contributed by atoms with Crippen LogP contribution in [0, 0.1) is 11.2 Å². The molecule has 2 rings (SSSR count). The second-order valence-electron chi connectivity index (χ2n) is 6.65. The lowest BCUT2D eigenvalue weighted by Crippen LogP contribution is -2.40. The highest BCUT2D eigenvalue weighted by atomic mass is 19.1. The molecule has 0 aliphatic carbocycles. The van der Waals surface area contributed by atoms with Crippen LogP contribution in [0.15, 0.2) is 18.2 Å². The van der Waals surface area contributed by atoms with Gasteiger partial charge in [0.05, 0.1) is 0 Å². The summed E-state index contributed by atoms with van der Waals surface area (Å²) in [7, 11) is 0. The zero-order valence-electron chi connectivity index (χ0n) is 13.7. The molecule has 1 unspecified atom stereocenters. The predicted octanol–water partition coefficient (Wildman–Crippen LogP) is 4.12. The Kier molecular flexibility index (Phi) is 5.26. The van der Waals surface area contributed by atoms with E-state index in [0.29, 0.717) is 5.41 Å². The van der Waals surface area contributed by atoms with Gasteiger partial charge in [0.2, 0.25) is 0 Å². The zero-order chi connectivity index (χ0) is 15.5. The molecule has 118 valence electrons. The molecule has 0 saturated carbocycles. The van der Waals surface area contributed by atoms with E-state index in [9.17, 15) is 4.39 Å². The molecule has 1 aromatic carbocycles. The molecule has 2 N–H and O–H groups in total. The molecule has 2 nitrogen and oxygen atoms in total. The van der Waals surface area contributed by atoms with Crippen LogP contribution >= 0.6 is 0 Å². The molecular weight excluding hydrogens is 263 g/mol. The fourth-order valence-electron chi connectivity index (χ4n) is 3.55. The summed E-state index contributed by atoms with van der Waals surface area (Å²) >= 11 is 0. The quantitative estimate of drug-likeness (QED) is 0.884. The highest BCUT2D eigenvalue weighted by molar-refractivity contribution is 5.54. The van der Waals surface area contributed by atoms with E-state index in [0.717, 1.165) is 25.1 Å². The standard InChI is InChI=1S/C18H29FN2/c1-4-18(5-2)8-10-21(11-9-18)17-7-6-16(19)13-15(17)12-14(3)20/h6-7,13-14H,4-5,8-12,20H2,1-3H3. The van der Waals surface area contributed by atoms with Crippen molar-refractivity contribution in [3.05, 3.63) is 29.6 Å². The van der Waals surface area contributed by atoms with Gasteiger partial charge in [0, 0.05) is 24.8 Å². The highest BCUT2D eigenvalue weighted by Gasteiger charge is 2.31. The van der Waals surface area contributed by atoms with Crippen molar-refractivity contribution in [1.82, 2.24) is 0 Å². The van der Waals surface area contributed by atoms with E-state index >= 15 is 0 Å². The van der Waals surface area contributed by atoms with Gasteiger partial charge in [0.25, 0.3) is 0 Å². The van der Waals surface area contributed by atoms with Gasteiger partial charge in [-0.15, -0.1) is 0 Å². The maximum absolute atomic E-state index is 13.5. The van der Waals surface area contributed by atoms with E-state index in [1.807, 2.05) is 13.0 Å². The Morgan fingerprint density at radius 1 is 1.24 bits per heavy atom. The predicted molar refractivity (Wildman–Crippen MR) is 88.2 cm³/mol. The number of halogens is 1. The Hall–Kier alpha value is -1.09. The molecule has 21 heavy (non-hydrogen) atoms. The minimum absolute atomic E-state index is 0.0562. The molecule has 1 heterocycles. The third-order valence-corrected chi connectivity index (χ3v) is 5.25. The van der Waals surface area contributed by atoms with Gasteiger partial charge in [0.15, 0.2) is 0 Å². The third-order valence-electron chi connectivity index (χ3n) is 5.25. The van der Waals surface area contributed by atoms with Gasteiger partial charge in [-0.3, -0.25) is 0 Å². The second kappa shape index (κ2) is 6.78. The second-order valence-corrected chi connectivity index (χ2v) is 6.65. The van der Waals surface area contributed by atoms with Crippen LogP contribution in [0.3, 0.4) is 0 Å². The smallest absolute Gasteiger partial charge is 0.123 e. The SMILES string of the molecule is CCC1(CC)CCN(c2ccc(F)cc2CC(C)N)CC1. The number of anilines is 1. The molecule has 1 aromatic rings. The van der Waals surface area contributed by atoms with E-state index in [4.69, 9.17) is 5.73 Å². The molecule has 1 aliphatic rings. The monoisotopic (exact) mass is 292 g/mol. The van der Waals surface area contributed by atoms with E-state index in [1.54, 1.807) is 12.1 Å². The van der Waals surface area contributed by atoms with Gasteiger partial charge in [-0.1, -0.05) is 26.7 Å². The largest absolute Gasteiger partial charge is 0.371 e. The van der Waals surface area contributed by atoms with Crippen LogP contribution in [-0.4, -0.2) is 19.1 Å². The van der Waals surface area contributed by atoms with Crippen LogP contribution in [0.2, 0.25) is 0 Å². The summed E-state index contributed by atoms with van der Waals surface area (Å²) in [5.74, 6) is -0.164. The first-order chi connectivity index (χ1) is 9.99. The Morgan fingerprint density at radius 2 is 1.86 bits per heavy atom. The topological polar surface area (TPSA) is 29.3 Å². The maximum Gasteiger partial charge on any atom is 0.123 e. The van der Waals surface area contributed by atoms with Crippen molar-refractivity contribution in [3.8, 4) is 0 Å². The number of piperidine rings is 1. The number of benzene rings is 1. The van der Waals surface area contributed by atoms with Gasteiger partial charge in [-0.05, 0) is 55.4 Å². The number of hydrogen-bond donors (Lipinski definition) is 1. The molecule has 0 aromatic heterocycles. The van der Waals surface area contributed by atoms with Crippen molar-refractivity contribution >= 4 is 5.69 Å². The fraction of sp³-hybridized carbons (Fsp3) is 0.667. The molecule has 1 atom stereocenters. The van der Waals surface area contributed by atoms with Crippen molar-refractivity contribution < 1.29 is 4.39 Å². The van der Waals surface area contributed by atoms with E-state index in [-0.39, 0.29) is 11.9 Å². The van der Waals surface area contributed by atoms with Gasteiger partial charge in [0.1, 0.15) is 5.82 Å². The molecule has 1 saturated heterocycles. The number of rotatable bonds is 5. The van der Waals surface area contributed by atoms with Crippen LogP contribution in [0.5, 0.6) is 0 Å². The maximum atomic E-state index is 13.5. The van der Waals surface area contributed by atoms with Gasteiger partial charge in [-0.2, -0.15) is 0 Å². The van der Waals surface area contributed by atoms with Crippen molar-refractivity contribution in [2.75, 3.05) is 18.0 Å². The number of hydrogen-bond acceptors (Lipinski definition) is 2. The van der Waals surface area contributed by atoms with Crippen molar-refractivity contribution in [3.63, 3.8) is 0 Å². The minimum Gasteiger partial charge on any atom is -0.371 e. The third kappa shape index (κ3) is 3.76. The lowest BCUT2D eigenvalue weighted by atomic mass is 9.74. The summed E-state index contributed by atoms with van der Waals surface area (Å²) in [6, 6.07) is 5.21. The Bertz CT molecular complexity index is 456. The van der Waals surface area contributed by atoms with Gasteiger partial charge < -0.3 is 10.6 Å². The first-order valence-electron chi connectivity index (χ1n) is 8.28. The van der Waals surface area contributed by atoms with Crippen LogP contribution < -0.4 is 10.6 Å². The van der Waals surface area contributed by atoms with Crippen molar-refractivity contribution in [1.29, 1.82) is 0 Å². The number of nitrogens with two attached hydrogens (primary N) is 1. The van der Waals surface area contributed by atoms with Crippen LogP contribution in [0.25, 0.3) is 0 Å². The first kappa shape index (κ1) is 16.3. The highest BCUT2D eigenvalue weighted by Crippen LogP contribution is 2.39. The van der Waals surface area contributed by atoms with E-state index in [1.165, 1.54) is 31.4 Å². The van der Waals surface area contributed by atoms with Gasteiger partial charge in [-0.25, -0.2) is 4.39 Å². The molecule has 0 bridgehead atoms. The molecule has 0 radical (unpaired) electrons. The lowest BCUT2D eigenvalue weighted by molar-refractivity contribution is 0.199. The summed E-state index contributed by atoms with van der Waals surface area (Å²) in [5, 5.41) is 0. The van der Waals surface area contributed by atoms with Crippen LogP contribution in [0.1, 0.15) is 52.0 Å². The van der Waals surface area contributed by atoms with E-state index in [2.05, 4.69) is 18.7 Å². The minimum atomic E-state index is -0.164. The van der Waals surface area contributed by atoms with E-state index < -0.39 is 0 Å². The van der Waals surface area contributed by atoms with Crippen LogP contribution in [0.4, 0.5) is 10.1 Å². The summed E-state index contributed by atoms with van der Waals surface area (Å²) in [5.41, 5.74) is 8.65. The molecule has 1 aliphatic heterocycles. The summed E-state index contributed by atoms with van der Waals surface area (Å²) < 4.78 is 13.5. The average Bonchev–Trinajstić information content (AvgIpc) is 2.47. The van der Waals surface area contributed by atoms with Crippen LogP contribution in [-0.2, 0) is 6.42 Å². The molecule has 0 amide bonds. The lowest BCUT2D eigenvalue weighted by Gasteiger charge is -2.42. The Labute approximate surface area is 128 Å². The normalized spacial score (nSPS) is 19.6. The van der Waals surface area contributed by atoms with Crippen molar-refractivity contribution in [2.24, 2.45) is 11.1 Å². The summed E-state index contributed by atoms with van der Waals surface area (Å²) in [6.07, 6.45) is 5.71. The van der Waals surface area contributed by atoms with Gasteiger partial charge >= 0.3 is 0 Å². The average molecular weight is 292 g/mol. The molecule has 0 spiro atoms. The molecule has 3 heteroatoms. The first-order valence-corrected chi connectivity index (χ1v) is 8.28. The molecular formula is C18H29FN2. The van der Waals surface area contributed by atoms with Crippen molar-refractivity contribution in [2.45, 2.75) is 58.9 Å². The Balaban J connectivity index is 2.16. The zero-order valence-corrected chi connectivity index (χ0v) is 13.7. The fourth-order valence-corrected chi connectivity index (χ4v) is 3.55. The summed E-state index contributed by atoms with van der Waals surface area (Å²) in [4.78, 5) is 2.42. The Morgan fingerprint density at radius 3 is 2.38 bits per heavy atom. The summed E-state index contributed by atoms with van der Waals surface area (Å²) in [6.45, 7) is 8.72. The molecule has 1 fully saturated rings.